The lowest BCUT2D eigenvalue weighted by Crippen LogP contribution is -2.29. The number of halogens is 6. The number of nitrogens with zero attached hydrogens (tertiary/aromatic N) is 2. The molecule has 1 rings (SSSR count). The number of carboxylic acids is 1. The van der Waals surface area contributed by atoms with Crippen LogP contribution in [0.25, 0.3) is 0 Å². The predicted octanol–water partition coefficient (Wildman–Crippen LogP) is 2.48. The number of hydrogen-bond donors (Lipinski definition) is 1. The van der Waals surface area contributed by atoms with Crippen molar-refractivity contribution in [1.82, 2.24) is 9.78 Å². The first-order valence-corrected chi connectivity index (χ1v) is 4.41. The van der Waals surface area contributed by atoms with Crippen molar-refractivity contribution in [3.63, 3.8) is 0 Å². The van der Waals surface area contributed by atoms with Crippen LogP contribution in [0.4, 0.5) is 26.3 Å². The third-order valence-corrected chi connectivity index (χ3v) is 1.99. The summed E-state index contributed by atoms with van der Waals surface area (Å²) in [4.78, 5) is 10.3. The molecule has 0 aliphatic carbocycles. The number of aromatic nitrogens is 2. The molecule has 18 heavy (non-hydrogen) atoms. The maximum atomic E-state index is 12.5. The molecule has 4 nitrogen and oxygen atoms in total. The van der Waals surface area contributed by atoms with Crippen LogP contribution in [0.1, 0.15) is 18.0 Å². The molecule has 1 N–H and O–H groups in total. The molecule has 0 fully saturated rings. The fraction of sp³-hybridized carbons (Fsp3) is 0.500. The fourth-order valence-corrected chi connectivity index (χ4v) is 1.18. The van der Waals surface area contributed by atoms with E-state index in [4.69, 9.17) is 5.11 Å². The van der Waals surface area contributed by atoms with Gasteiger partial charge in [0.25, 0.3) is 0 Å². The standard InChI is InChI=1S/C8H6F6N2O2/c9-7(10,11)4-2-15-16(3-4)5(1-6(17)18)8(12,13)14/h2-3,5H,1H2,(H,17,18). The summed E-state index contributed by atoms with van der Waals surface area (Å²) in [6.45, 7) is 0. The number of rotatable bonds is 3. The van der Waals surface area contributed by atoms with E-state index < -0.39 is 36.3 Å². The summed E-state index contributed by atoms with van der Waals surface area (Å²) in [5.74, 6) is -1.79. The van der Waals surface area contributed by atoms with Crippen LogP contribution >= 0.6 is 0 Å². The van der Waals surface area contributed by atoms with Gasteiger partial charge < -0.3 is 5.11 Å². The highest BCUT2D eigenvalue weighted by atomic mass is 19.4. The van der Waals surface area contributed by atoms with Gasteiger partial charge in [-0.15, -0.1) is 0 Å². The monoisotopic (exact) mass is 276 g/mol. The Morgan fingerprint density at radius 1 is 1.33 bits per heavy atom. The molecular formula is C8H6F6N2O2. The zero-order valence-corrected chi connectivity index (χ0v) is 8.46. The van der Waals surface area contributed by atoms with Gasteiger partial charge in [0.1, 0.15) is 0 Å². The van der Waals surface area contributed by atoms with Crippen LogP contribution in [0.15, 0.2) is 12.4 Å². The molecular weight excluding hydrogens is 270 g/mol. The average Bonchev–Trinajstić information content (AvgIpc) is 2.59. The molecule has 1 aromatic rings. The largest absolute Gasteiger partial charge is 0.481 e. The zero-order valence-electron chi connectivity index (χ0n) is 8.46. The number of carbonyl (C=O) groups is 1. The highest BCUT2D eigenvalue weighted by molar-refractivity contribution is 5.67. The molecule has 0 spiro atoms. The van der Waals surface area contributed by atoms with Crippen molar-refractivity contribution in [3.05, 3.63) is 18.0 Å². The molecule has 1 unspecified atom stereocenters. The van der Waals surface area contributed by atoms with Gasteiger partial charge in [0.05, 0.1) is 18.2 Å². The second-order valence-electron chi connectivity index (χ2n) is 3.36. The van der Waals surface area contributed by atoms with Crippen LogP contribution in [0.2, 0.25) is 0 Å². The van der Waals surface area contributed by atoms with E-state index in [1.807, 2.05) is 0 Å². The van der Waals surface area contributed by atoms with Gasteiger partial charge in [0.15, 0.2) is 6.04 Å². The smallest absolute Gasteiger partial charge is 0.419 e. The first-order chi connectivity index (χ1) is 8.01. The van der Waals surface area contributed by atoms with Gasteiger partial charge in [0, 0.05) is 6.20 Å². The van der Waals surface area contributed by atoms with Crippen LogP contribution < -0.4 is 0 Å². The normalized spacial score (nSPS) is 14.6. The summed E-state index contributed by atoms with van der Waals surface area (Å²) in [6, 6.07) is -2.63. The average molecular weight is 276 g/mol. The Balaban J connectivity index is 3.07. The second-order valence-corrected chi connectivity index (χ2v) is 3.36. The summed E-state index contributed by atoms with van der Waals surface area (Å²) in [5.41, 5.74) is -1.37. The third-order valence-electron chi connectivity index (χ3n) is 1.99. The van der Waals surface area contributed by atoms with Crippen molar-refractivity contribution in [3.8, 4) is 0 Å². The lowest BCUT2D eigenvalue weighted by Gasteiger charge is -2.18. The maximum Gasteiger partial charge on any atom is 0.419 e. The van der Waals surface area contributed by atoms with E-state index in [0.717, 1.165) is 0 Å². The van der Waals surface area contributed by atoms with Gasteiger partial charge in [-0.1, -0.05) is 0 Å². The SMILES string of the molecule is O=C(O)CC(n1cc(C(F)(F)F)cn1)C(F)(F)F. The molecule has 10 heteroatoms. The summed E-state index contributed by atoms with van der Waals surface area (Å²) >= 11 is 0. The van der Waals surface area contributed by atoms with Gasteiger partial charge in [-0.25, -0.2) is 0 Å². The lowest BCUT2D eigenvalue weighted by molar-refractivity contribution is -0.179. The minimum atomic E-state index is -5.01. The van der Waals surface area contributed by atoms with Gasteiger partial charge >= 0.3 is 18.3 Å². The molecule has 0 amide bonds. The Hall–Kier alpha value is -1.74. The Labute approximate surface area is 95.8 Å². The number of alkyl halides is 6. The first kappa shape index (κ1) is 14.3. The van der Waals surface area contributed by atoms with Crippen LogP contribution in [-0.4, -0.2) is 27.0 Å². The quantitative estimate of drug-likeness (QED) is 0.863. The van der Waals surface area contributed by atoms with E-state index in [1.54, 1.807) is 0 Å². The molecule has 0 aliphatic heterocycles. The molecule has 1 heterocycles. The minimum absolute atomic E-state index is 0.0447. The van der Waals surface area contributed by atoms with Crippen molar-refractivity contribution >= 4 is 5.97 Å². The molecule has 0 saturated carbocycles. The number of hydrogen-bond acceptors (Lipinski definition) is 2. The Kier molecular flexibility index (Phi) is 3.58. The van der Waals surface area contributed by atoms with E-state index in [1.165, 1.54) is 0 Å². The van der Waals surface area contributed by atoms with Crippen LogP contribution in [0.3, 0.4) is 0 Å². The third kappa shape index (κ3) is 3.37. The van der Waals surface area contributed by atoms with Gasteiger partial charge in [-0.3, -0.25) is 9.48 Å². The maximum absolute atomic E-state index is 12.5. The summed E-state index contributed by atoms with van der Waals surface area (Å²) < 4.78 is 73.9. The van der Waals surface area contributed by atoms with Crippen molar-refractivity contribution in [2.45, 2.75) is 24.8 Å². The fourth-order valence-electron chi connectivity index (χ4n) is 1.18. The highest BCUT2D eigenvalue weighted by Crippen LogP contribution is 2.35. The molecule has 0 bridgehead atoms. The van der Waals surface area contributed by atoms with E-state index in [0.29, 0.717) is 0 Å². The van der Waals surface area contributed by atoms with E-state index in [2.05, 4.69) is 5.10 Å². The summed E-state index contributed by atoms with van der Waals surface area (Å²) in [5, 5.41) is 11.2. The number of aliphatic carboxylic acids is 1. The van der Waals surface area contributed by atoms with Gasteiger partial charge in [0.2, 0.25) is 0 Å². The van der Waals surface area contributed by atoms with Gasteiger partial charge in [-0.2, -0.15) is 31.4 Å². The Morgan fingerprint density at radius 3 is 2.22 bits per heavy atom. The molecule has 1 aromatic heterocycles. The Morgan fingerprint density at radius 2 is 1.89 bits per heavy atom. The van der Waals surface area contributed by atoms with Gasteiger partial charge in [-0.05, 0) is 0 Å². The van der Waals surface area contributed by atoms with Crippen molar-refractivity contribution < 1.29 is 36.2 Å². The van der Waals surface area contributed by atoms with E-state index in [9.17, 15) is 31.1 Å². The molecule has 0 radical (unpaired) electrons. The highest BCUT2D eigenvalue weighted by Gasteiger charge is 2.44. The lowest BCUT2D eigenvalue weighted by atomic mass is 10.2. The Bertz CT molecular complexity index is 436. The zero-order chi connectivity index (χ0) is 14.1. The van der Waals surface area contributed by atoms with E-state index in [-0.39, 0.29) is 17.1 Å². The molecule has 102 valence electrons. The second kappa shape index (κ2) is 4.50. The summed E-state index contributed by atoms with van der Waals surface area (Å²) in [6.07, 6.45) is -10.9. The molecule has 1 atom stereocenters. The van der Waals surface area contributed by atoms with E-state index >= 15 is 0 Å². The van der Waals surface area contributed by atoms with Crippen molar-refractivity contribution in [1.29, 1.82) is 0 Å². The molecule has 0 aromatic carbocycles. The van der Waals surface area contributed by atoms with Crippen LogP contribution in [0.5, 0.6) is 0 Å². The van der Waals surface area contributed by atoms with Crippen LogP contribution in [0, 0.1) is 0 Å². The topological polar surface area (TPSA) is 55.1 Å². The number of carboxylic acid groups (broad SMARTS) is 1. The molecule has 0 aliphatic rings. The first-order valence-electron chi connectivity index (χ1n) is 4.41. The summed E-state index contributed by atoms with van der Waals surface area (Å²) in [7, 11) is 0. The molecule has 0 saturated heterocycles. The van der Waals surface area contributed by atoms with Crippen molar-refractivity contribution in [2.24, 2.45) is 0 Å². The van der Waals surface area contributed by atoms with Crippen LogP contribution in [-0.2, 0) is 11.0 Å². The van der Waals surface area contributed by atoms with Crippen molar-refractivity contribution in [2.75, 3.05) is 0 Å². The predicted molar refractivity (Wildman–Crippen MR) is 44.6 cm³/mol. The minimum Gasteiger partial charge on any atom is -0.481 e.